The van der Waals surface area contributed by atoms with Crippen LogP contribution >= 0.6 is 0 Å². The van der Waals surface area contributed by atoms with Crippen LogP contribution < -0.4 is 4.90 Å². The molecule has 1 aliphatic carbocycles. The summed E-state index contributed by atoms with van der Waals surface area (Å²) in [6.45, 7) is 6.41. The largest absolute Gasteiger partial charge is 0.311 e. The number of carbonyl (C=O) groups excluding carboxylic acids is 2. The van der Waals surface area contributed by atoms with Gasteiger partial charge in [0.05, 0.1) is 0 Å². The minimum absolute atomic E-state index is 0.0420. The van der Waals surface area contributed by atoms with Gasteiger partial charge in [-0.1, -0.05) is 32.0 Å². The van der Waals surface area contributed by atoms with Gasteiger partial charge in [-0.2, -0.15) is 0 Å². The molecule has 0 N–H and O–H groups in total. The van der Waals surface area contributed by atoms with Gasteiger partial charge in [-0.25, -0.2) is 0 Å². The summed E-state index contributed by atoms with van der Waals surface area (Å²) in [6, 6.07) is 8.17. The molecule has 1 spiro atoms. The Balaban J connectivity index is 2.08. The standard InChI is InChI=1S/C17H21NO2/c1-12(19)18-11-17(13-6-4-5-7-14(13)18)9-8-15(20)16(2,3)10-17/h4-7H,8-11H2,1-3H3. The first-order valence-electron chi connectivity index (χ1n) is 7.27. The lowest BCUT2D eigenvalue weighted by Gasteiger charge is -2.42. The van der Waals surface area contributed by atoms with Crippen molar-refractivity contribution in [3.05, 3.63) is 29.8 Å². The Kier molecular flexibility index (Phi) is 2.79. The highest BCUT2D eigenvalue weighted by atomic mass is 16.2. The van der Waals surface area contributed by atoms with Gasteiger partial charge in [0.15, 0.2) is 0 Å². The van der Waals surface area contributed by atoms with E-state index in [0.29, 0.717) is 12.2 Å². The van der Waals surface area contributed by atoms with Crippen molar-refractivity contribution in [2.45, 2.75) is 45.4 Å². The number of Topliss-reactive ketones (excluding diaryl/α,β-unsaturated/α-hetero) is 1. The van der Waals surface area contributed by atoms with E-state index < -0.39 is 0 Å². The number of carbonyl (C=O) groups is 2. The van der Waals surface area contributed by atoms with Crippen molar-refractivity contribution in [2.75, 3.05) is 11.4 Å². The van der Waals surface area contributed by atoms with E-state index in [1.165, 1.54) is 5.56 Å². The lowest BCUT2D eigenvalue weighted by Crippen LogP contribution is -2.45. The van der Waals surface area contributed by atoms with Gasteiger partial charge < -0.3 is 4.90 Å². The molecule has 2 aliphatic rings. The number of amides is 1. The highest BCUT2D eigenvalue weighted by Crippen LogP contribution is 2.52. The Labute approximate surface area is 120 Å². The molecule has 3 rings (SSSR count). The topological polar surface area (TPSA) is 37.4 Å². The maximum Gasteiger partial charge on any atom is 0.223 e. The smallest absolute Gasteiger partial charge is 0.223 e. The van der Waals surface area contributed by atoms with Crippen molar-refractivity contribution in [2.24, 2.45) is 5.41 Å². The van der Waals surface area contributed by atoms with Crippen LogP contribution in [0.5, 0.6) is 0 Å². The SMILES string of the molecule is CC(=O)N1CC2(CCC(=O)C(C)(C)C2)c2ccccc21. The van der Waals surface area contributed by atoms with Crippen LogP contribution in [0, 0.1) is 5.41 Å². The monoisotopic (exact) mass is 271 g/mol. The molecule has 1 heterocycles. The highest BCUT2D eigenvalue weighted by Gasteiger charge is 2.51. The molecule has 106 valence electrons. The first-order valence-corrected chi connectivity index (χ1v) is 7.27. The molecule has 0 saturated heterocycles. The van der Waals surface area contributed by atoms with Crippen LogP contribution in [0.1, 0.15) is 45.6 Å². The van der Waals surface area contributed by atoms with Crippen molar-refractivity contribution in [3.63, 3.8) is 0 Å². The lowest BCUT2D eigenvalue weighted by molar-refractivity contribution is -0.131. The van der Waals surface area contributed by atoms with E-state index in [1.54, 1.807) is 6.92 Å². The molecule has 1 saturated carbocycles. The summed E-state index contributed by atoms with van der Waals surface area (Å²) in [4.78, 5) is 25.9. The predicted octanol–water partition coefficient (Wildman–Crippen LogP) is 3.07. The van der Waals surface area contributed by atoms with Gasteiger partial charge in [-0.3, -0.25) is 9.59 Å². The number of rotatable bonds is 0. The number of hydrogen-bond donors (Lipinski definition) is 0. The van der Waals surface area contributed by atoms with E-state index >= 15 is 0 Å². The summed E-state index contributed by atoms with van der Waals surface area (Å²) in [5, 5.41) is 0. The molecule has 1 aromatic carbocycles. The lowest BCUT2D eigenvalue weighted by atomic mass is 9.61. The fourth-order valence-corrected chi connectivity index (χ4v) is 4.00. The van der Waals surface area contributed by atoms with Crippen molar-refractivity contribution in [1.29, 1.82) is 0 Å². The van der Waals surface area contributed by atoms with Crippen molar-refractivity contribution >= 4 is 17.4 Å². The van der Waals surface area contributed by atoms with E-state index in [-0.39, 0.29) is 16.7 Å². The van der Waals surface area contributed by atoms with Crippen LogP contribution in [0.4, 0.5) is 5.69 Å². The molecule has 1 atom stereocenters. The number of benzene rings is 1. The molecular weight excluding hydrogens is 250 g/mol. The maximum atomic E-state index is 12.1. The number of fused-ring (bicyclic) bond motifs is 2. The van der Waals surface area contributed by atoms with E-state index in [9.17, 15) is 9.59 Å². The van der Waals surface area contributed by atoms with Gasteiger partial charge in [0, 0.05) is 36.4 Å². The molecule has 0 aromatic heterocycles. The van der Waals surface area contributed by atoms with Crippen molar-refractivity contribution < 1.29 is 9.59 Å². The average molecular weight is 271 g/mol. The van der Waals surface area contributed by atoms with Crippen molar-refractivity contribution in [1.82, 2.24) is 0 Å². The van der Waals surface area contributed by atoms with E-state index in [2.05, 4.69) is 6.07 Å². The number of ketones is 1. The molecular formula is C17H21NO2. The fourth-order valence-electron chi connectivity index (χ4n) is 4.00. The van der Waals surface area contributed by atoms with Crippen LogP contribution in [0.3, 0.4) is 0 Å². The predicted molar refractivity (Wildman–Crippen MR) is 78.8 cm³/mol. The summed E-state index contributed by atoms with van der Waals surface area (Å²) in [5.74, 6) is 0.436. The molecule has 3 heteroatoms. The van der Waals surface area contributed by atoms with Crippen LogP contribution in [-0.2, 0) is 15.0 Å². The zero-order valence-electron chi connectivity index (χ0n) is 12.4. The molecule has 20 heavy (non-hydrogen) atoms. The molecule has 3 nitrogen and oxygen atoms in total. The van der Waals surface area contributed by atoms with Gasteiger partial charge >= 0.3 is 0 Å². The molecule has 1 aromatic rings. The van der Waals surface area contributed by atoms with E-state index in [1.807, 2.05) is 36.9 Å². The first-order chi connectivity index (χ1) is 9.36. The van der Waals surface area contributed by atoms with Gasteiger partial charge in [0.2, 0.25) is 5.91 Å². The molecule has 0 radical (unpaired) electrons. The number of anilines is 1. The van der Waals surface area contributed by atoms with Crippen LogP contribution in [0.15, 0.2) is 24.3 Å². The third kappa shape index (κ3) is 1.80. The van der Waals surface area contributed by atoms with E-state index in [0.717, 1.165) is 25.1 Å². The Morgan fingerprint density at radius 3 is 2.60 bits per heavy atom. The Bertz CT molecular complexity index is 590. The second kappa shape index (κ2) is 4.18. The third-order valence-electron chi connectivity index (χ3n) is 4.97. The molecule has 0 bridgehead atoms. The van der Waals surface area contributed by atoms with Crippen LogP contribution in [0.2, 0.25) is 0 Å². The second-order valence-corrected chi connectivity index (χ2v) is 6.89. The van der Waals surface area contributed by atoms with Crippen LogP contribution in [0.25, 0.3) is 0 Å². The second-order valence-electron chi connectivity index (χ2n) is 6.89. The normalized spacial score (nSPS) is 27.8. The number of para-hydroxylation sites is 1. The summed E-state index contributed by atoms with van der Waals surface area (Å²) < 4.78 is 0. The molecule has 1 aliphatic heterocycles. The minimum atomic E-state index is -0.293. The quantitative estimate of drug-likeness (QED) is 0.727. The zero-order chi connectivity index (χ0) is 14.5. The molecule has 1 amide bonds. The Morgan fingerprint density at radius 2 is 1.95 bits per heavy atom. The summed E-state index contributed by atoms with van der Waals surface area (Å²) in [7, 11) is 0. The summed E-state index contributed by atoms with van der Waals surface area (Å²) in [6.07, 6.45) is 2.31. The third-order valence-corrected chi connectivity index (χ3v) is 4.97. The first kappa shape index (κ1) is 13.3. The van der Waals surface area contributed by atoms with Gasteiger partial charge in [0.1, 0.15) is 5.78 Å². The Hall–Kier alpha value is -1.64. The zero-order valence-corrected chi connectivity index (χ0v) is 12.4. The van der Waals surface area contributed by atoms with E-state index in [4.69, 9.17) is 0 Å². The number of hydrogen-bond acceptors (Lipinski definition) is 2. The summed E-state index contributed by atoms with van der Waals surface area (Å²) in [5.41, 5.74) is 1.94. The highest BCUT2D eigenvalue weighted by molar-refractivity contribution is 5.95. The Morgan fingerprint density at radius 1 is 1.25 bits per heavy atom. The van der Waals surface area contributed by atoms with Crippen molar-refractivity contribution in [3.8, 4) is 0 Å². The van der Waals surface area contributed by atoms with Gasteiger partial charge in [-0.05, 0) is 24.5 Å². The summed E-state index contributed by atoms with van der Waals surface area (Å²) >= 11 is 0. The van der Waals surface area contributed by atoms with Gasteiger partial charge in [0.25, 0.3) is 0 Å². The fraction of sp³-hybridized carbons (Fsp3) is 0.529. The number of nitrogens with zero attached hydrogens (tertiary/aromatic N) is 1. The van der Waals surface area contributed by atoms with Gasteiger partial charge in [-0.15, -0.1) is 0 Å². The average Bonchev–Trinajstić information content (AvgIpc) is 2.70. The van der Waals surface area contributed by atoms with Crippen LogP contribution in [-0.4, -0.2) is 18.2 Å². The minimum Gasteiger partial charge on any atom is -0.311 e. The molecule has 1 fully saturated rings. The maximum absolute atomic E-state index is 12.1. The molecule has 1 unspecified atom stereocenters.